The van der Waals surface area contributed by atoms with E-state index >= 15 is 0 Å². The number of amides is 1. The van der Waals surface area contributed by atoms with E-state index in [1.807, 2.05) is 6.92 Å². The lowest BCUT2D eigenvalue weighted by Gasteiger charge is -2.10. The van der Waals surface area contributed by atoms with Crippen molar-refractivity contribution in [2.45, 2.75) is 6.92 Å². The van der Waals surface area contributed by atoms with Crippen LogP contribution >= 0.6 is 31.9 Å². The maximum atomic E-state index is 13.7. The highest BCUT2D eigenvalue weighted by molar-refractivity contribution is 9.10. The molecule has 20 heavy (non-hydrogen) atoms. The summed E-state index contributed by atoms with van der Waals surface area (Å²) in [5, 5.41) is 2.63. The fourth-order valence-electron chi connectivity index (χ4n) is 1.65. The minimum absolute atomic E-state index is 0.0285. The molecule has 0 aliphatic rings. The van der Waals surface area contributed by atoms with Crippen molar-refractivity contribution in [3.63, 3.8) is 0 Å². The van der Waals surface area contributed by atoms with E-state index < -0.39 is 11.7 Å². The molecular formula is C14H11Br2FN2O. The molecule has 0 unspecified atom stereocenters. The van der Waals surface area contributed by atoms with Crippen LogP contribution in [0.4, 0.5) is 15.8 Å². The second-order valence-corrected chi connectivity index (χ2v) is 6.04. The van der Waals surface area contributed by atoms with Gasteiger partial charge in [0.1, 0.15) is 5.82 Å². The summed E-state index contributed by atoms with van der Waals surface area (Å²) in [6.45, 7) is 1.86. The zero-order chi connectivity index (χ0) is 14.9. The van der Waals surface area contributed by atoms with Gasteiger partial charge in [-0.05, 0) is 58.7 Å². The number of benzene rings is 2. The molecule has 0 spiro atoms. The van der Waals surface area contributed by atoms with E-state index in [4.69, 9.17) is 5.73 Å². The Morgan fingerprint density at radius 1 is 1.25 bits per heavy atom. The van der Waals surface area contributed by atoms with Gasteiger partial charge in [-0.15, -0.1) is 0 Å². The Morgan fingerprint density at radius 2 is 1.95 bits per heavy atom. The summed E-state index contributed by atoms with van der Waals surface area (Å²) >= 11 is 6.49. The molecule has 0 aliphatic carbocycles. The first kappa shape index (κ1) is 15.0. The van der Waals surface area contributed by atoms with Crippen LogP contribution in [0.5, 0.6) is 0 Å². The second kappa shape index (κ2) is 5.93. The van der Waals surface area contributed by atoms with Crippen LogP contribution in [0.1, 0.15) is 15.9 Å². The average molecular weight is 402 g/mol. The fourth-order valence-corrected chi connectivity index (χ4v) is 2.54. The minimum atomic E-state index is -0.590. The summed E-state index contributed by atoms with van der Waals surface area (Å²) in [6, 6.07) is 7.70. The Hall–Kier alpha value is -1.40. The maximum Gasteiger partial charge on any atom is 0.258 e. The molecule has 0 saturated carbocycles. The second-order valence-electron chi connectivity index (χ2n) is 4.27. The number of rotatable bonds is 2. The lowest BCUT2D eigenvalue weighted by Crippen LogP contribution is -2.14. The number of halogens is 3. The first-order chi connectivity index (χ1) is 9.38. The van der Waals surface area contributed by atoms with Crippen molar-refractivity contribution in [1.29, 1.82) is 0 Å². The number of carbonyl (C=O) groups is 1. The fraction of sp³-hybridized carbons (Fsp3) is 0.0714. The Labute approximate surface area is 132 Å². The highest BCUT2D eigenvalue weighted by Gasteiger charge is 2.14. The number of hydrogen-bond acceptors (Lipinski definition) is 2. The summed E-state index contributed by atoms with van der Waals surface area (Å²) in [5.41, 5.74) is 7.72. The first-order valence-electron chi connectivity index (χ1n) is 5.70. The molecule has 3 N–H and O–H groups in total. The van der Waals surface area contributed by atoms with Crippen LogP contribution in [-0.4, -0.2) is 5.91 Å². The lowest BCUT2D eigenvalue weighted by atomic mass is 10.1. The molecule has 1 amide bonds. The van der Waals surface area contributed by atoms with E-state index in [1.54, 1.807) is 18.2 Å². The summed E-state index contributed by atoms with van der Waals surface area (Å²) in [5.74, 6) is -1.12. The van der Waals surface area contributed by atoms with Crippen LogP contribution < -0.4 is 11.1 Å². The lowest BCUT2D eigenvalue weighted by molar-refractivity contribution is 0.102. The Balaban J connectivity index is 2.30. The number of nitrogens with two attached hydrogens (primary N) is 1. The van der Waals surface area contributed by atoms with Crippen molar-refractivity contribution in [2.24, 2.45) is 0 Å². The molecule has 104 valence electrons. The number of carbonyl (C=O) groups excluding carboxylic acids is 1. The molecule has 2 rings (SSSR count). The highest BCUT2D eigenvalue weighted by atomic mass is 79.9. The van der Waals surface area contributed by atoms with Gasteiger partial charge in [-0.2, -0.15) is 0 Å². The molecule has 0 bridgehead atoms. The first-order valence-corrected chi connectivity index (χ1v) is 7.29. The molecule has 3 nitrogen and oxygen atoms in total. The van der Waals surface area contributed by atoms with Crippen LogP contribution in [0.25, 0.3) is 0 Å². The van der Waals surface area contributed by atoms with Gasteiger partial charge in [0.05, 0.1) is 11.3 Å². The van der Waals surface area contributed by atoms with E-state index in [0.717, 1.165) is 5.56 Å². The zero-order valence-corrected chi connectivity index (χ0v) is 13.7. The third-order valence-corrected chi connectivity index (χ3v) is 3.93. The standard InChI is InChI=1S/C14H11Br2FN2O/c1-7-4-10(16)13(6-12(7)18)19-14(20)9-3-2-8(15)5-11(9)17/h2-6H,18H2,1H3,(H,19,20). The topological polar surface area (TPSA) is 55.1 Å². The zero-order valence-electron chi connectivity index (χ0n) is 10.5. The van der Waals surface area contributed by atoms with Gasteiger partial charge in [-0.25, -0.2) is 4.39 Å². The van der Waals surface area contributed by atoms with Gasteiger partial charge in [0.25, 0.3) is 5.91 Å². The number of nitrogens with one attached hydrogen (secondary N) is 1. The van der Waals surface area contributed by atoms with Crippen LogP contribution in [0, 0.1) is 12.7 Å². The molecule has 0 heterocycles. The number of hydrogen-bond donors (Lipinski definition) is 2. The maximum absolute atomic E-state index is 13.7. The molecule has 0 saturated heterocycles. The Bertz CT molecular complexity index is 689. The number of nitrogen functional groups attached to an aromatic ring is 1. The molecule has 0 aliphatic heterocycles. The van der Waals surface area contributed by atoms with Gasteiger partial charge in [0.15, 0.2) is 0 Å². The minimum Gasteiger partial charge on any atom is -0.398 e. The van der Waals surface area contributed by atoms with Crippen LogP contribution in [0.3, 0.4) is 0 Å². The van der Waals surface area contributed by atoms with Crippen molar-refractivity contribution >= 4 is 49.1 Å². The van der Waals surface area contributed by atoms with Crippen molar-refractivity contribution in [2.75, 3.05) is 11.1 Å². The van der Waals surface area contributed by atoms with Gasteiger partial charge < -0.3 is 11.1 Å². The molecule has 0 radical (unpaired) electrons. The van der Waals surface area contributed by atoms with E-state index in [1.165, 1.54) is 12.1 Å². The monoisotopic (exact) mass is 400 g/mol. The van der Waals surface area contributed by atoms with Crippen molar-refractivity contribution in [3.8, 4) is 0 Å². The molecular weight excluding hydrogens is 391 g/mol. The summed E-state index contributed by atoms with van der Waals surface area (Å²) in [4.78, 5) is 12.1. The van der Waals surface area contributed by atoms with Gasteiger partial charge >= 0.3 is 0 Å². The Kier molecular flexibility index (Phi) is 4.45. The quantitative estimate of drug-likeness (QED) is 0.728. The van der Waals surface area contributed by atoms with Gasteiger partial charge in [-0.3, -0.25) is 4.79 Å². The van der Waals surface area contributed by atoms with Gasteiger partial charge in [0, 0.05) is 14.6 Å². The molecule has 0 atom stereocenters. The summed E-state index contributed by atoms with van der Waals surface area (Å²) in [6.07, 6.45) is 0. The van der Waals surface area contributed by atoms with E-state index in [-0.39, 0.29) is 5.56 Å². The van der Waals surface area contributed by atoms with Gasteiger partial charge in [-0.1, -0.05) is 15.9 Å². The Morgan fingerprint density at radius 3 is 2.60 bits per heavy atom. The normalized spacial score (nSPS) is 10.4. The SMILES string of the molecule is Cc1cc(Br)c(NC(=O)c2ccc(Br)cc2F)cc1N. The van der Waals surface area contributed by atoms with Crippen molar-refractivity contribution < 1.29 is 9.18 Å². The summed E-state index contributed by atoms with van der Waals surface area (Å²) in [7, 11) is 0. The van der Waals surface area contributed by atoms with Crippen molar-refractivity contribution in [1.82, 2.24) is 0 Å². The third kappa shape index (κ3) is 3.19. The summed E-state index contributed by atoms with van der Waals surface area (Å²) < 4.78 is 15.0. The van der Waals surface area contributed by atoms with E-state index in [2.05, 4.69) is 37.2 Å². The average Bonchev–Trinajstić information content (AvgIpc) is 2.35. The predicted molar refractivity (Wildman–Crippen MR) is 85.3 cm³/mol. The van der Waals surface area contributed by atoms with E-state index in [9.17, 15) is 9.18 Å². The molecule has 2 aromatic rings. The molecule has 0 aromatic heterocycles. The number of aryl methyl sites for hydroxylation is 1. The van der Waals surface area contributed by atoms with Crippen molar-refractivity contribution in [3.05, 3.63) is 56.2 Å². The van der Waals surface area contributed by atoms with Crippen LogP contribution in [-0.2, 0) is 0 Å². The molecule has 2 aromatic carbocycles. The molecule has 0 fully saturated rings. The third-order valence-electron chi connectivity index (χ3n) is 2.78. The largest absolute Gasteiger partial charge is 0.398 e. The van der Waals surface area contributed by atoms with E-state index in [0.29, 0.717) is 20.3 Å². The smallest absolute Gasteiger partial charge is 0.258 e. The highest BCUT2D eigenvalue weighted by Crippen LogP contribution is 2.28. The number of anilines is 2. The van der Waals surface area contributed by atoms with Crippen LogP contribution in [0.2, 0.25) is 0 Å². The van der Waals surface area contributed by atoms with Gasteiger partial charge in [0.2, 0.25) is 0 Å². The predicted octanol–water partition coefficient (Wildman–Crippen LogP) is 4.49. The molecule has 6 heteroatoms. The van der Waals surface area contributed by atoms with Crippen LogP contribution in [0.15, 0.2) is 39.3 Å².